The van der Waals surface area contributed by atoms with Gasteiger partial charge in [-0.25, -0.2) is 0 Å². The predicted molar refractivity (Wildman–Crippen MR) is 122 cm³/mol. The molecule has 2 fully saturated rings. The average molecular weight is 471 g/mol. The summed E-state index contributed by atoms with van der Waals surface area (Å²) in [4.78, 5) is 30.4. The van der Waals surface area contributed by atoms with Gasteiger partial charge in [0.05, 0.1) is 24.7 Å². The first kappa shape index (κ1) is 22.6. The van der Waals surface area contributed by atoms with Crippen LogP contribution in [0.3, 0.4) is 0 Å². The number of rotatable bonds is 4. The van der Waals surface area contributed by atoms with Gasteiger partial charge in [-0.1, -0.05) is 30.3 Å². The molecule has 1 aromatic heterocycles. The van der Waals surface area contributed by atoms with Crippen LogP contribution in [0.15, 0.2) is 53.3 Å². The zero-order valence-corrected chi connectivity index (χ0v) is 18.3. The van der Waals surface area contributed by atoms with Gasteiger partial charge in [-0.2, -0.15) is 13.2 Å². The number of fused-ring (bicyclic) bond motifs is 1. The van der Waals surface area contributed by atoms with Crippen LogP contribution in [-0.2, 0) is 15.7 Å². The van der Waals surface area contributed by atoms with Crippen LogP contribution in [0.5, 0.6) is 0 Å². The van der Waals surface area contributed by atoms with Crippen molar-refractivity contribution >= 4 is 16.7 Å². The van der Waals surface area contributed by atoms with Gasteiger partial charge in [-0.3, -0.25) is 14.5 Å². The monoisotopic (exact) mass is 471 g/mol. The molecule has 5 rings (SSSR count). The number of halogens is 3. The van der Waals surface area contributed by atoms with Crippen LogP contribution in [0.1, 0.15) is 23.5 Å². The Morgan fingerprint density at radius 2 is 1.79 bits per heavy atom. The number of ether oxygens (including phenoxy) is 1. The van der Waals surface area contributed by atoms with Crippen LogP contribution in [-0.4, -0.2) is 54.7 Å². The van der Waals surface area contributed by atoms with Gasteiger partial charge in [0.1, 0.15) is 0 Å². The molecule has 0 spiro atoms. The smallest absolute Gasteiger partial charge is 0.379 e. The zero-order chi connectivity index (χ0) is 23.9. The molecular formula is C25H24F3N3O3. The van der Waals surface area contributed by atoms with Crippen molar-refractivity contribution in [3.63, 3.8) is 0 Å². The number of carbonyl (C=O) groups excluding carboxylic acids is 1. The molecule has 34 heavy (non-hydrogen) atoms. The van der Waals surface area contributed by atoms with Crippen LogP contribution >= 0.6 is 0 Å². The van der Waals surface area contributed by atoms with Crippen molar-refractivity contribution in [1.82, 2.24) is 15.2 Å². The van der Waals surface area contributed by atoms with E-state index < -0.39 is 17.3 Å². The summed E-state index contributed by atoms with van der Waals surface area (Å²) in [5.41, 5.74) is -0.560. The van der Waals surface area contributed by atoms with E-state index in [1.54, 1.807) is 24.3 Å². The van der Waals surface area contributed by atoms with E-state index in [2.05, 4.69) is 15.2 Å². The Balaban J connectivity index is 1.42. The number of morpholine rings is 1. The van der Waals surface area contributed by atoms with Crippen molar-refractivity contribution in [1.29, 1.82) is 0 Å². The number of hydrogen-bond donors (Lipinski definition) is 2. The minimum Gasteiger partial charge on any atom is -0.379 e. The molecular weight excluding hydrogens is 447 g/mol. The summed E-state index contributed by atoms with van der Waals surface area (Å²) in [6.07, 6.45) is -3.92. The van der Waals surface area contributed by atoms with E-state index in [1.165, 1.54) is 18.2 Å². The summed E-state index contributed by atoms with van der Waals surface area (Å²) in [6.45, 7) is 3.80. The number of hydrogen-bond acceptors (Lipinski definition) is 4. The number of pyridine rings is 1. The highest BCUT2D eigenvalue weighted by Gasteiger charge is 2.35. The van der Waals surface area contributed by atoms with Crippen LogP contribution in [0.2, 0.25) is 0 Å². The standard InChI is InChI=1S/C25H24F3N3O3/c26-25(27,28)21-4-2-1-3-18(21)22-12-16-6-5-15(11-19(16)24(33)30-22)20-13-17(29-23(20)32)14-31-7-9-34-10-8-31/h1-6,11-12,17,20H,7-10,13-14H2,(H,29,32)(H,30,33)/t17-,20-/m0/s1. The van der Waals surface area contributed by atoms with Gasteiger partial charge < -0.3 is 15.0 Å². The van der Waals surface area contributed by atoms with E-state index in [0.717, 1.165) is 31.3 Å². The van der Waals surface area contributed by atoms with Gasteiger partial charge in [0.2, 0.25) is 5.91 Å². The number of aromatic amines is 1. The van der Waals surface area contributed by atoms with Gasteiger partial charge in [0.15, 0.2) is 0 Å². The van der Waals surface area contributed by atoms with Crippen molar-refractivity contribution in [2.24, 2.45) is 0 Å². The third-order valence-electron chi connectivity index (χ3n) is 6.56. The van der Waals surface area contributed by atoms with E-state index in [-0.39, 0.29) is 29.1 Å². The first-order chi connectivity index (χ1) is 16.3. The second-order valence-corrected chi connectivity index (χ2v) is 8.81. The average Bonchev–Trinajstić information content (AvgIpc) is 3.18. The number of nitrogens with zero attached hydrogens (tertiary/aromatic N) is 1. The number of alkyl halides is 3. The van der Waals surface area contributed by atoms with Crippen LogP contribution in [0.25, 0.3) is 22.0 Å². The molecule has 9 heteroatoms. The minimum absolute atomic E-state index is 0.0193. The Hall–Kier alpha value is -3.17. The largest absolute Gasteiger partial charge is 0.417 e. The summed E-state index contributed by atoms with van der Waals surface area (Å²) < 4.78 is 45.7. The number of amides is 1. The SMILES string of the molecule is O=C1N[C@H](CN2CCOCC2)C[C@H]1c1ccc2cc(-c3ccccc3C(F)(F)F)[nH]c(=O)c2c1. The van der Waals surface area contributed by atoms with E-state index in [1.807, 2.05) is 0 Å². The van der Waals surface area contributed by atoms with E-state index in [9.17, 15) is 22.8 Å². The lowest BCUT2D eigenvalue weighted by atomic mass is 9.93. The Bertz CT molecular complexity index is 1280. The summed E-state index contributed by atoms with van der Waals surface area (Å²) in [5.74, 6) is -0.453. The zero-order valence-electron chi connectivity index (χ0n) is 18.3. The topological polar surface area (TPSA) is 74.4 Å². The number of carbonyl (C=O) groups is 1. The quantitative estimate of drug-likeness (QED) is 0.611. The third kappa shape index (κ3) is 4.45. The van der Waals surface area contributed by atoms with Crippen molar-refractivity contribution in [2.45, 2.75) is 24.6 Å². The number of H-pyrrole nitrogens is 1. The maximum atomic E-state index is 13.5. The summed E-state index contributed by atoms with van der Waals surface area (Å²) >= 11 is 0. The number of aromatic nitrogens is 1. The van der Waals surface area contributed by atoms with Crippen LogP contribution in [0.4, 0.5) is 13.2 Å². The fraction of sp³-hybridized carbons (Fsp3) is 0.360. The molecule has 3 aromatic rings. The fourth-order valence-corrected chi connectivity index (χ4v) is 4.86. The number of nitrogens with one attached hydrogen (secondary N) is 2. The van der Waals surface area contributed by atoms with Crippen LogP contribution < -0.4 is 10.9 Å². The highest BCUT2D eigenvalue weighted by Crippen LogP contribution is 2.37. The molecule has 0 aliphatic carbocycles. The van der Waals surface area contributed by atoms with Crippen molar-refractivity contribution < 1.29 is 22.7 Å². The van der Waals surface area contributed by atoms with Crippen LogP contribution in [0, 0.1) is 0 Å². The second kappa shape index (κ2) is 8.88. The fourth-order valence-electron chi connectivity index (χ4n) is 4.86. The Kier molecular flexibility index (Phi) is 5.91. The molecule has 178 valence electrons. The molecule has 2 atom stereocenters. The molecule has 2 aromatic carbocycles. The highest BCUT2D eigenvalue weighted by molar-refractivity contribution is 5.90. The maximum Gasteiger partial charge on any atom is 0.417 e. The molecule has 2 aliphatic rings. The summed E-state index contributed by atoms with van der Waals surface area (Å²) in [5, 5.41) is 3.91. The third-order valence-corrected chi connectivity index (χ3v) is 6.56. The molecule has 6 nitrogen and oxygen atoms in total. The Labute approximate surface area is 193 Å². The molecule has 0 unspecified atom stereocenters. The first-order valence-corrected chi connectivity index (χ1v) is 11.2. The molecule has 2 N–H and O–H groups in total. The summed E-state index contributed by atoms with van der Waals surface area (Å²) in [7, 11) is 0. The lowest BCUT2D eigenvalue weighted by Crippen LogP contribution is -2.44. The van der Waals surface area contributed by atoms with E-state index >= 15 is 0 Å². The van der Waals surface area contributed by atoms with Gasteiger partial charge in [-0.15, -0.1) is 0 Å². The maximum absolute atomic E-state index is 13.5. The predicted octanol–water partition coefficient (Wildman–Crippen LogP) is 3.52. The first-order valence-electron chi connectivity index (χ1n) is 11.2. The molecule has 2 aliphatic heterocycles. The molecule has 3 heterocycles. The van der Waals surface area contributed by atoms with Gasteiger partial charge in [0, 0.05) is 42.3 Å². The highest BCUT2D eigenvalue weighted by atomic mass is 19.4. The Morgan fingerprint density at radius 1 is 1.03 bits per heavy atom. The van der Waals surface area contributed by atoms with Gasteiger partial charge in [0.25, 0.3) is 5.56 Å². The van der Waals surface area contributed by atoms with Crippen molar-refractivity contribution in [3.05, 3.63) is 70.0 Å². The molecule has 0 bridgehead atoms. The lowest BCUT2D eigenvalue weighted by Gasteiger charge is -2.28. The molecule has 2 saturated heterocycles. The molecule has 0 radical (unpaired) electrons. The summed E-state index contributed by atoms with van der Waals surface area (Å²) in [6, 6.07) is 11.9. The normalized spacial score (nSPS) is 21.7. The van der Waals surface area contributed by atoms with Crippen molar-refractivity contribution in [3.8, 4) is 11.3 Å². The van der Waals surface area contributed by atoms with Gasteiger partial charge >= 0.3 is 6.18 Å². The molecule has 0 saturated carbocycles. The van der Waals surface area contributed by atoms with Gasteiger partial charge in [-0.05, 0) is 35.6 Å². The number of benzene rings is 2. The molecule has 1 amide bonds. The van der Waals surface area contributed by atoms with E-state index in [4.69, 9.17) is 4.74 Å². The second-order valence-electron chi connectivity index (χ2n) is 8.81. The Morgan fingerprint density at radius 3 is 2.56 bits per heavy atom. The minimum atomic E-state index is -4.54. The van der Waals surface area contributed by atoms with E-state index in [0.29, 0.717) is 30.4 Å². The van der Waals surface area contributed by atoms with Crippen molar-refractivity contribution in [2.75, 3.05) is 32.8 Å². The lowest BCUT2D eigenvalue weighted by molar-refractivity contribution is -0.137.